The van der Waals surface area contributed by atoms with E-state index in [4.69, 9.17) is 0 Å². The van der Waals surface area contributed by atoms with Crippen molar-refractivity contribution in [2.45, 2.75) is 37.6 Å². The Morgan fingerprint density at radius 3 is 2.00 bits per heavy atom. The van der Waals surface area contributed by atoms with Gasteiger partial charge in [0.1, 0.15) is 5.54 Å². The topological polar surface area (TPSA) is 24.7 Å². The van der Waals surface area contributed by atoms with Crippen LogP contribution in [0, 0.1) is 0 Å². The normalized spacial score (nSPS) is 30.2. The highest BCUT2D eigenvalue weighted by Gasteiger charge is 2.36. The van der Waals surface area contributed by atoms with E-state index in [1.54, 1.807) is 0 Å². The lowest BCUT2D eigenvalue weighted by Gasteiger charge is -2.35. The standard InChI is InChI=1S/C7H12N2/c1-2-4-7(5-3-1)6-8-9-7/h1-6H2. The zero-order valence-corrected chi connectivity index (χ0v) is 5.64. The first-order valence-electron chi connectivity index (χ1n) is 3.80. The molecule has 9 heavy (non-hydrogen) atoms. The summed E-state index contributed by atoms with van der Waals surface area (Å²) in [7, 11) is 0. The lowest BCUT2D eigenvalue weighted by Crippen LogP contribution is -2.37. The van der Waals surface area contributed by atoms with Crippen LogP contribution in [0.4, 0.5) is 0 Å². The fourth-order valence-electron chi connectivity index (χ4n) is 1.74. The second-order valence-electron chi connectivity index (χ2n) is 3.18. The molecule has 1 heterocycles. The fraction of sp³-hybridized carbons (Fsp3) is 1.00. The average molecular weight is 124 g/mol. The monoisotopic (exact) mass is 124 g/mol. The molecular formula is C7H12N2. The second-order valence-corrected chi connectivity index (χ2v) is 3.18. The molecule has 0 saturated heterocycles. The minimum absolute atomic E-state index is 0.359. The van der Waals surface area contributed by atoms with Crippen molar-refractivity contribution in [2.75, 3.05) is 6.54 Å². The Balaban J connectivity index is 2.02. The van der Waals surface area contributed by atoms with E-state index < -0.39 is 0 Å². The first kappa shape index (κ1) is 5.39. The molecule has 0 N–H and O–H groups in total. The Bertz CT molecular complexity index is 134. The van der Waals surface area contributed by atoms with Crippen molar-refractivity contribution in [1.82, 2.24) is 0 Å². The predicted molar refractivity (Wildman–Crippen MR) is 35.5 cm³/mol. The summed E-state index contributed by atoms with van der Waals surface area (Å²) in [5.74, 6) is 0. The molecule has 0 aromatic rings. The van der Waals surface area contributed by atoms with Gasteiger partial charge in [0.25, 0.3) is 0 Å². The van der Waals surface area contributed by atoms with Crippen molar-refractivity contribution < 1.29 is 0 Å². The zero-order chi connectivity index (χ0) is 6.16. The molecule has 0 aromatic carbocycles. The maximum Gasteiger partial charge on any atom is 0.103 e. The molecule has 1 aliphatic heterocycles. The molecule has 2 aliphatic rings. The lowest BCUT2D eigenvalue weighted by molar-refractivity contribution is 0.242. The highest BCUT2D eigenvalue weighted by atomic mass is 15.3. The molecule has 1 fully saturated rings. The van der Waals surface area contributed by atoms with Crippen LogP contribution in [0.5, 0.6) is 0 Å². The van der Waals surface area contributed by atoms with Gasteiger partial charge >= 0.3 is 0 Å². The summed E-state index contributed by atoms with van der Waals surface area (Å²) in [5, 5.41) is 8.10. The summed E-state index contributed by atoms with van der Waals surface area (Å²) in [5.41, 5.74) is 0.359. The molecule has 0 aromatic heterocycles. The van der Waals surface area contributed by atoms with Gasteiger partial charge in [-0.05, 0) is 12.8 Å². The summed E-state index contributed by atoms with van der Waals surface area (Å²) < 4.78 is 0. The number of nitrogens with zero attached hydrogens (tertiary/aromatic N) is 2. The van der Waals surface area contributed by atoms with Gasteiger partial charge in [0.05, 0.1) is 6.54 Å². The molecule has 50 valence electrons. The van der Waals surface area contributed by atoms with Crippen molar-refractivity contribution in [3.63, 3.8) is 0 Å². The molecule has 1 spiro atoms. The molecule has 0 amide bonds. The summed E-state index contributed by atoms with van der Waals surface area (Å²) in [6.45, 7) is 1.02. The van der Waals surface area contributed by atoms with Gasteiger partial charge in [-0.15, -0.1) is 0 Å². The number of azo groups is 1. The summed E-state index contributed by atoms with van der Waals surface area (Å²) in [6.07, 6.45) is 6.77. The van der Waals surface area contributed by atoms with Gasteiger partial charge in [0, 0.05) is 0 Å². The van der Waals surface area contributed by atoms with Gasteiger partial charge in [-0.25, -0.2) is 0 Å². The highest BCUT2D eigenvalue weighted by Crippen LogP contribution is 2.36. The quantitative estimate of drug-likeness (QED) is 0.472. The number of rotatable bonds is 0. The molecule has 2 heteroatoms. The molecule has 0 radical (unpaired) electrons. The van der Waals surface area contributed by atoms with Gasteiger partial charge in [-0.3, -0.25) is 0 Å². The minimum Gasteiger partial charge on any atom is -0.191 e. The molecule has 2 nitrogen and oxygen atoms in total. The van der Waals surface area contributed by atoms with Crippen LogP contribution in [-0.2, 0) is 0 Å². The third-order valence-electron chi connectivity index (χ3n) is 2.43. The van der Waals surface area contributed by atoms with E-state index in [1.165, 1.54) is 32.1 Å². The molecule has 0 unspecified atom stereocenters. The van der Waals surface area contributed by atoms with Crippen LogP contribution in [0.25, 0.3) is 0 Å². The summed E-state index contributed by atoms with van der Waals surface area (Å²) in [6, 6.07) is 0. The SMILES string of the molecule is C1CCC2(CC1)CN=N2. The van der Waals surface area contributed by atoms with Crippen LogP contribution in [0.3, 0.4) is 0 Å². The van der Waals surface area contributed by atoms with Crippen LogP contribution in [0.1, 0.15) is 32.1 Å². The van der Waals surface area contributed by atoms with E-state index in [0.29, 0.717) is 5.54 Å². The summed E-state index contributed by atoms with van der Waals surface area (Å²) in [4.78, 5) is 0. The average Bonchev–Trinajstić information content (AvgIpc) is 1.87. The van der Waals surface area contributed by atoms with Gasteiger partial charge in [-0.2, -0.15) is 10.2 Å². The molecule has 2 rings (SSSR count). The van der Waals surface area contributed by atoms with Crippen LogP contribution in [0.2, 0.25) is 0 Å². The van der Waals surface area contributed by atoms with Crippen LogP contribution < -0.4 is 0 Å². The first-order chi connectivity index (χ1) is 4.41. The van der Waals surface area contributed by atoms with E-state index >= 15 is 0 Å². The van der Waals surface area contributed by atoms with E-state index in [1.807, 2.05) is 0 Å². The second kappa shape index (κ2) is 1.79. The lowest BCUT2D eigenvalue weighted by atomic mass is 9.81. The molecule has 1 aliphatic carbocycles. The maximum atomic E-state index is 4.19. The van der Waals surface area contributed by atoms with Gasteiger partial charge in [-0.1, -0.05) is 19.3 Å². The van der Waals surface area contributed by atoms with Gasteiger partial charge in [0.2, 0.25) is 0 Å². The maximum absolute atomic E-state index is 4.19. The molecule has 0 bridgehead atoms. The van der Waals surface area contributed by atoms with E-state index in [-0.39, 0.29) is 0 Å². The molecular weight excluding hydrogens is 112 g/mol. The van der Waals surface area contributed by atoms with Crippen molar-refractivity contribution >= 4 is 0 Å². The predicted octanol–water partition coefficient (Wildman–Crippen LogP) is 2.16. The number of hydrogen-bond donors (Lipinski definition) is 0. The minimum atomic E-state index is 0.359. The zero-order valence-electron chi connectivity index (χ0n) is 5.64. The Hall–Kier alpha value is -0.400. The van der Waals surface area contributed by atoms with Crippen LogP contribution in [-0.4, -0.2) is 12.1 Å². The fourth-order valence-corrected chi connectivity index (χ4v) is 1.74. The Kier molecular flexibility index (Phi) is 1.07. The van der Waals surface area contributed by atoms with E-state index in [9.17, 15) is 0 Å². The van der Waals surface area contributed by atoms with Crippen molar-refractivity contribution in [3.8, 4) is 0 Å². The summed E-state index contributed by atoms with van der Waals surface area (Å²) >= 11 is 0. The van der Waals surface area contributed by atoms with Crippen molar-refractivity contribution in [2.24, 2.45) is 10.2 Å². The van der Waals surface area contributed by atoms with Crippen LogP contribution in [0.15, 0.2) is 10.2 Å². The van der Waals surface area contributed by atoms with Crippen LogP contribution >= 0.6 is 0 Å². The number of hydrogen-bond acceptors (Lipinski definition) is 2. The van der Waals surface area contributed by atoms with E-state index in [2.05, 4.69) is 10.2 Å². The van der Waals surface area contributed by atoms with Crippen molar-refractivity contribution in [3.05, 3.63) is 0 Å². The van der Waals surface area contributed by atoms with Crippen molar-refractivity contribution in [1.29, 1.82) is 0 Å². The van der Waals surface area contributed by atoms with Gasteiger partial charge in [0.15, 0.2) is 0 Å². The third-order valence-corrected chi connectivity index (χ3v) is 2.43. The third kappa shape index (κ3) is 0.769. The Labute approximate surface area is 55.4 Å². The Morgan fingerprint density at radius 2 is 1.67 bits per heavy atom. The Morgan fingerprint density at radius 1 is 1.00 bits per heavy atom. The first-order valence-corrected chi connectivity index (χ1v) is 3.80. The van der Waals surface area contributed by atoms with Gasteiger partial charge < -0.3 is 0 Å². The van der Waals surface area contributed by atoms with E-state index in [0.717, 1.165) is 6.54 Å². The highest BCUT2D eigenvalue weighted by molar-refractivity contribution is 4.96. The molecule has 0 atom stereocenters. The largest absolute Gasteiger partial charge is 0.191 e. The smallest absolute Gasteiger partial charge is 0.103 e. The molecule has 1 saturated carbocycles.